The second-order valence-corrected chi connectivity index (χ2v) is 10.4. The van der Waals surface area contributed by atoms with Crippen molar-refractivity contribution < 1.29 is 27.9 Å². The monoisotopic (exact) mass is 514 g/mol. The Morgan fingerprint density at radius 1 is 1.11 bits per heavy atom. The maximum absolute atomic E-state index is 13.1. The first-order valence-electron chi connectivity index (χ1n) is 11.5. The van der Waals surface area contributed by atoms with E-state index in [2.05, 4.69) is 15.1 Å². The van der Waals surface area contributed by atoms with Crippen molar-refractivity contribution in [2.75, 3.05) is 11.9 Å². The number of nitrogens with zero attached hydrogens (tertiary/aromatic N) is 2. The number of anilines is 1. The van der Waals surface area contributed by atoms with E-state index in [1.54, 1.807) is 26.0 Å². The molecule has 0 spiro atoms. The maximum atomic E-state index is 13.1. The standard InChI is InChI=1S/C25H30N4O6S/c1-6-13-26-36(33,34)21-14-18(27-23(30)15(2)3)9-12-20(21)35-24-17(5)22(25(31)32)28-29(24)19-10-7-16(4)8-11-19/h7-12,14-15,26H,6,13H2,1-5H3,(H,27,30)(H,31,32). The van der Waals surface area contributed by atoms with Gasteiger partial charge in [0.25, 0.3) is 0 Å². The van der Waals surface area contributed by atoms with Gasteiger partial charge in [0.1, 0.15) is 10.6 Å². The Balaban J connectivity index is 2.15. The van der Waals surface area contributed by atoms with Crippen LogP contribution < -0.4 is 14.8 Å². The molecule has 11 heteroatoms. The van der Waals surface area contributed by atoms with Crippen molar-refractivity contribution in [1.29, 1.82) is 0 Å². The number of aryl methyl sites for hydroxylation is 1. The number of carbonyl (C=O) groups excluding carboxylic acids is 1. The summed E-state index contributed by atoms with van der Waals surface area (Å²) in [6, 6.07) is 11.4. The zero-order chi connectivity index (χ0) is 26.6. The van der Waals surface area contributed by atoms with E-state index in [9.17, 15) is 23.1 Å². The lowest BCUT2D eigenvalue weighted by Crippen LogP contribution is -2.25. The molecule has 0 fully saturated rings. The molecule has 2 aromatic carbocycles. The molecule has 3 rings (SSSR count). The minimum absolute atomic E-state index is 0.0468. The van der Waals surface area contributed by atoms with E-state index in [1.807, 2.05) is 26.0 Å². The van der Waals surface area contributed by atoms with Gasteiger partial charge in [-0.2, -0.15) is 9.78 Å². The molecule has 3 N–H and O–H groups in total. The van der Waals surface area contributed by atoms with Gasteiger partial charge in [0.15, 0.2) is 5.69 Å². The predicted molar refractivity (Wildman–Crippen MR) is 135 cm³/mol. The van der Waals surface area contributed by atoms with Crippen LogP contribution >= 0.6 is 0 Å². The van der Waals surface area contributed by atoms with Crippen molar-refractivity contribution in [2.45, 2.75) is 45.9 Å². The molecule has 0 aliphatic heterocycles. The number of rotatable bonds is 10. The number of carbonyl (C=O) groups is 2. The van der Waals surface area contributed by atoms with E-state index >= 15 is 0 Å². The van der Waals surface area contributed by atoms with Crippen LogP contribution in [0.2, 0.25) is 0 Å². The molecule has 0 saturated carbocycles. The van der Waals surface area contributed by atoms with Crippen LogP contribution in [0.4, 0.5) is 5.69 Å². The Morgan fingerprint density at radius 3 is 2.36 bits per heavy atom. The number of hydrogen-bond acceptors (Lipinski definition) is 6. The highest BCUT2D eigenvalue weighted by Gasteiger charge is 2.26. The number of nitrogens with one attached hydrogen (secondary N) is 2. The molecule has 0 saturated heterocycles. The predicted octanol–water partition coefficient (Wildman–Crippen LogP) is 4.26. The fourth-order valence-electron chi connectivity index (χ4n) is 3.25. The van der Waals surface area contributed by atoms with E-state index in [-0.39, 0.29) is 51.8 Å². The number of sulfonamides is 1. The summed E-state index contributed by atoms with van der Waals surface area (Å²) in [5.41, 5.74) is 1.83. The van der Waals surface area contributed by atoms with Crippen LogP contribution in [-0.4, -0.2) is 41.7 Å². The largest absolute Gasteiger partial charge is 0.476 e. The highest BCUT2D eigenvalue weighted by Crippen LogP contribution is 2.35. The van der Waals surface area contributed by atoms with Crippen LogP contribution in [0.15, 0.2) is 47.4 Å². The van der Waals surface area contributed by atoms with E-state index in [4.69, 9.17) is 4.74 Å². The maximum Gasteiger partial charge on any atom is 0.356 e. The normalized spacial score (nSPS) is 11.5. The molecule has 1 amide bonds. The van der Waals surface area contributed by atoms with Crippen LogP contribution in [0.1, 0.15) is 48.8 Å². The molecule has 0 aliphatic carbocycles. The summed E-state index contributed by atoms with van der Waals surface area (Å²) >= 11 is 0. The topological polar surface area (TPSA) is 140 Å². The summed E-state index contributed by atoms with van der Waals surface area (Å²) in [5, 5.41) is 16.5. The second kappa shape index (κ2) is 10.9. The van der Waals surface area contributed by atoms with Gasteiger partial charge in [0, 0.05) is 23.7 Å². The number of carboxylic acids is 1. The molecule has 0 radical (unpaired) electrons. The third-order valence-electron chi connectivity index (χ3n) is 5.32. The zero-order valence-corrected chi connectivity index (χ0v) is 21.6. The molecule has 3 aromatic rings. The van der Waals surface area contributed by atoms with Gasteiger partial charge in [-0.25, -0.2) is 17.9 Å². The molecule has 0 aliphatic rings. The molecule has 10 nitrogen and oxygen atoms in total. The summed E-state index contributed by atoms with van der Waals surface area (Å²) in [4.78, 5) is 23.8. The van der Waals surface area contributed by atoms with Crippen LogP contribution in [-0.2, 0) is 14.8 Å². The van der Waals surface area contributed by atoms with E-state index in [0.717, 1.165) is 5.56 Å². The molecule has 0 unspecified atom stereocenters. The van der Waals surface area contributed by atoms with Crippen molar-refractivity contribution in [1.82, 2.24) is 14.5 Å². The molecule has 192 valence electrons. The van der Waals surface area contributed by atoms with Crippen molar-refractivity contribution >= 4 is 27.6 Å². The Hall–Kier alpha value is -3.70. The summed E-state index contributed by atoms with van der Waals surface area (Å²) in [5.74, 6) is -1.81. The lowest BCUT2D eigenvalue weighted by atomic mass is 10.2. The van der Waals surface area contributed by atoms with Crippen LogP contribution in [0.5, 0.6) is 11.6 Å². The number of aromatic carboxylic acids is 1. The molecular formula is C25H30N4O6S. The quantitative estimate of drug-likeness (QED) is 0.367. The van der Waals surface area contributed by atoms with Crippen LogP contribution in [0.3, 0.4) is 0 Å². The highest BCUT2D eigenvalue weighted by molar-refractivity contribution is 7.89. The van der Waals surface area contributed by atoms with Gasteiger partial charge in [-0.15, -0.1) is 0 Å². The first-order valence-corrected chi connectivity index (χ1v) is 12.9. The molecule has 1 aromatic heterocycles. The first kappa shape index (κ1) is 26.9. The van der Waals surface area contributed by atoms with Crippen LogP contribution in [0.25, 0.3) is 5.69 Å². The summed E-state index contributed by atoms with van der Waals surface area (Å²) < 4.78 is 36.2. The average Bonchev–Trinajstić information content (AvgIpc) is 3.15. The van der Waals surface area contributed by atoms with Crippen molar-refractivity contribution in [3.05, 3.63) is 59.3 Å². The number of amides is 1. The number of carboxylic acid groups (broad SMARTS) is 1. The van der Waals surface area contributed by atoms with Crippen molar-refractivity contribution in [2.24, 2.45) is 5.92 Å². The van der Waals surface area contributed by atoms with E-state index < -0.39 is 16.0 Å². The molecule has 0 bridgehead atoms. The zero-order valence-electron chi connectivity index (χ0n) is 20.8. The summed E-state index contributed by atoms with van der Waals surface area (Å²) in [6.45, 7) is 8.93. The molecular weight excluding hydrogens is 484 g/mol. The molecule has 1 heterocycles. The average molecular weight is 515 g/mol. The first-order chi connectivity index (χ1) is 16.9. The van der Waals surface area contributed by atoms with Gasteiger partial charge in [-0.1, -0.05) is 38.5 Å². The minimum atomic E-state index is -4.03. The fourth-order valence-corrected chi connectivity index (χ4v) is 4.53. The van der Waals surface area contributed by atoms with E-state index in [1.165, 1.54) is 29.8 Å². The lowest BCUT2D eigenvalue weighted by molar-refractivity contribution is -0.118. The lowest BCUT2D eigenvalue weighted by Gasteiger charge is -2.16. The summed E-state index contributed by atoms with van der Waals surface area (Å²) in [6.07, 6.45) is 0.570. The number of hydrogen-bond donors (Lipinski definition) is 3. The van der Waals surface area contributed by atoms with Crippen molar-refractivity contribution in [3.8, 4) is 17.3 Å². The third kappa shape index (κ3) is 5.92. The second-order valence-electron chi connectivity index (χ2n) is 8.64. The van der Waals surface area contributed by atoms with Gasteiger partial charge in [0.2, 0.25) is 21.8 Å². The molecule has 36 heavy (non-hydrogen) atoms. The Morgan fingerprint density at radius 2 is 1.78 bits per heavy atom. The third-order valence-corrected chi connectivity index (χ3v) is 6.81. The number of ether oxygens (including phenoxy) is 1. The Kier molecular flexibility index (Phi) is 8.16. The molecule has 0 atom stereocenters. The SMILES string of the molecule is CCCNS(=O)(=O)c1cc(NC(=O)C(C)C)ccc1Oc1c(C)c(C(=O)O)nn1-c1ccc(C)cc1. The number of benzene rings is 2. The Bertz CT molecular complexity index is 1380. The van der Waals surface area contributed by atoms with Gasteiger partial charge < -0.3 is 15.2 Å². The summed E-state index contributed by atoms with van der Waals surface area (Å²) in [7, 11) is -4.03. The highest BCUT2D eigenvalue weighted by atomic mass is 32.2. The van der Waals surface area contributed by atoms with E-state index in [0.29, 0.717) is 12.1 Å². The van der Waals surface area contributed by atoms with Gasteiger partial charge >= 0.3 is 5.97 Å². The van der Waals surface area contributed by atoms with Gasteiger partial charge in [-0.3, -0.25) is 4.79 Å². The van der Waals surface area contributed by atoms with Crippen molar-refractivity contribution in [3.63, 3.8) is 0 Å². The smallest absolute Gasteiger partial charge is 0.356 e. The van der Waals surface area contributed by atoms with Gasteiger partial charge in [-0.05, 0) is 50.6 Å². The van der Waals surface area contributed by atoms with Crippen LogP contribution in [0, 0.1) is 19.8 Å². The number of aromatic nitrogens is 2. The van der Waals surface area contributed by atoms with Gasteiger partial charge in [0.05, 0.1) is 5.69 Å². The minimum Gasteiger partial charge on any atom is -0.476 e. The Labute approximate surface area is 210 Å². The fraction of sp³-hybridized carbons (Fsp3) is 0.320.